The van der Waals surface area contributed by atoms with Gasteiger partial charge in [0.15, 0.2) is 18.1 Å². The fraction of sp³-hybridized carbons (Fsp3) is 0.333. The molecule has 3 N–H and O–H groups in total. The number of hydrogen-bond donors (Lipinski definition) is 2. The highest BCUT2D eigenvalue weighted by molar-refractivity contribution is 6.32. The molecule has 1 rings (SSSR count). The van der Waals surface area contributed by atoms with Crippen molar-refractivity contribution in [2.45, 2.75) is 6.92 Å². The van der Waals surface area contributed by atoms with Gasteiger partial charge >= 0.3 is 0 Å². The third-order valence-corrected chi connectivity index (χ3v) is 2.47. The maximum absolute atomic E-state index is 11.7. The molecule has 1 aromatic rings. The lowest BCUT2D eigenvalue weighted by atomic mass is 10.2. The summed E-state index contributed by atoms with van der Waals surface area (Å²) in [5.74, 6) is -0.471. The van der Waals surface area contributed by atoms with Crippen LogP contribution in [0.2, 0.25) is 5.02 Å². The molecule has 0 saturated carbocycles. The molecule has 19 heavy (non-hydrogen) atoms. The van der Waals surface area contributed by atoms with E-state index < -0.39 is 5.91 Å². The van der Waals surface area contributed by atoms with Gasteiger partial charge in [0.2, 0.25) is 0 Å². The van der Waals surface area contributed by atoms with Crippen LogP contribution in [0, 0.1) is 0 Å². The summed E-state index contributed by atoms with van der Waals surface area (Å²) in [5, 5.41) is 2.81. The Morgan fingerprint density at radius 2 is 2.11 bits per heavy atom. The first kappa shape index (κ1) is 15.1. The lowest BCUT2D eigenvalue weighted by Crippen LogP contribution is -2.23. The molecule has 0 saturated heterocycles. The Morgan fingerprint density at radius 1 is 1.42 bits per heavy atom. The molecule has 0 fully saturated rings. The number of carbonyl (C=O) groups is 2. The van der Waals surface area contributed by atoms with E-state index in [4.69, 9.17) is 26.8 Å². The zero-order valence-corrected chi connectivity index (χ0v) is 11.4. The lowest BCUT2D eigenvalue weighted by molar-refractivity contribution is -0.119. The predicted octanol–water partition coefficient (Wildman–Crippen LogP) is 0.962. The third-order valence-electron chi connectivity index (χ3n) is 2.19. The van der Waals surface area contributed by atoms with Crippen LogP contribution in [0.5, 0.6) is 11.5 Å². The molecule has 1 aromatic carbocycles. The fourth-order valence-corrected chi connectivity index (χ4v) is 1.66. The fourth-order valence-electron chi connectivity index (χ4n) is 1.40. The standard InChI is InChI=1S/C12H15ClN2O4/c1-3-15-12(17)7-4-8(13)11(9(5-7)18-2)19-6-10(14)16/h4-5H,3,6H2,1-2H3,(H2,14,16)(H,15,17). The number of amides is 2. The van der Waals surface area contributed by atoms with E-state index in [-0.39, 0.29) is 29.0 Å². The number of benzene rings is 1. The van der Waals surface area contributed by atoms with Crippen LogP contribution in [0.4, 0.5) is 0 Å². The van der Waals surface area contributed by atoms with Crippen molar-refractivity contribution < 1.29 is 19.1 Å². The molecule has 0 bridgehead atoms. The number of halogens is 1. The summed E-state index contributed by atoms with van der Waals surface area (Å²) in [6.45, 7) is 1.98. The summed E-state index contributed by atoms with van der Waals surface area (Å²) in [7, 11) is 1.41. The zero-order chi connectivity index (χ0) is 14.4. The van der Waals surface area contributed by atoms with E-state index in [1.54, 1.807) is 6.92 Å². The van der Waals surface area contributed by atoms with Crippen LogP contribution >= 0.6 is 11.6 Å². The molecular weight excluding hydrogens is 272 g/mol. The maximum atomic E-state index is 11.7. The summed E-state index contributed by atoms with van der Waals surface area (Å²) in [4.78, 5) is 22.4. The Balaban J connectivity index is 3.07. The first-order valence-electron chi connectivity index (χ1n) is 5.56. The van der Waals surface area contributed by atoms with Crippen molar-refractivity contribution in [2.75, 3.05) is 20.3 Å². The van der Waals surface area contributed by atoms with Crippen molar-refractivity contribution in [3.05, 3.63) is 22.7 Å². The number of primary amides is 1. The van der Waals surface area contributed by atoms with E-state index >= 15 is 0 Å². The molecule has 0 spiro atoms. The minimum atomic E-state index is -0.633. The second-order valence-corrected chi connectivity index (χ2v) is 4.01. The van der Waals surface area contributed by atoms with Crippen molar-refractivity contribution in [3.63, 3.8) is 0 Å². The minimum absolute atomic E-state index is 0.168. The van der Waals surface area contributed by atoms with E-state index in [1.807, 2.05) is 0 Å². The summed E-state index contributed by atoms with van der Waals surface area (Å²) >= 11 is 6.00. The van der Waals surface area contributed by atoms with Crippen LogP contribution in [0.1, 0.15) is 17.3 Å². The van der Waals surface area contributed by atoms with E-state index in [9.17, 15) is 9.59 Å². The van der Waals surface area contributed by atoms with Crippen LogP contribution in [0.25, 0.3) is 0 Å². The van der Waals surface area contributed by atoms with E-state index in [0.717, 1.165) is 0 Å². The molecule has 0 aliphatic rings. The topological polar surface area (TPSA) is 90.6 Å². The average molecular weight is 287 g/mol. The van der Waals surface area contributed by atoms with Crippen LogP contribution < -0.4 is 20.5 Å². The zero-order valence-electron chi connectivity index (χ0n) is 10.7. The van der Waals surface area contributed by atoms with Gasteiger partial charge in [0.1, 0.15) is 0 Å². The Hall–Kier alpha value is -1.95. The summed E-state index contributed by atoms with van der Waals surface area (Å²) < 4.78 is 10.2. The highest BCUT2D eigenvalue weighted by atomic mass is 35.5. The number of rotatable bonds is 6. The van der Waals surface area contributed by atoms with Crippen LogP contribution in [-0.4, -0.2) is 32.1 Å². The van der Waals surface area contributed by atoms with Crippen LogP contribution in [0.15, 0.2) is 12.1 Å². The van der Waals surface area contributed by atoms with Crippen molar-refractivity contribution in [2.24, 2.45) is 5.73 Å². The molecule has 0 heterocycles. The predicted molar refractivity (Wildman–Crippen MR) is 70.7 cm³/mol. The van der Waals surface area contributed by atoms with E-state index in [2.05, 4.69) is 5.32 Å². The van der Waals surface area contributed by atoms with Crippen molar-refractivity contribution in [1.29, 1.82) is 0 Å². The van der Waals surface area contributed by atoms with Gasteiger partial charge in [-0.25, -0.2) is 0 Å². The molecule has 0 atom stereocenters. The van der Waals surface area contributed by atoms with E-state index in [0.29, 0.717) is 12.1 Å². The summed E-state index contributed by atoms with van der Waals surface area (Å²) in [6, 6.07) is 2.92. The molecule has 0 aliphatic heterocycles. The van der Waals surface area contributed by atoms with Crippen molar-refractivity contribution in [3.8, 4) is 11.5 Å². The minimum Gasteiger partial charge on any atom is -0.493 e. The number of nitrogens with two attached hydrogens (primary N) is 1. The molecule has 104 valence electrons. The number of hydrogen-bond acceptors (Lipinski definition) is 4. The van der Waals surface area contributed by atoms with Crippen LogP contribution in [0.3, 0.4) is 0 Å². The van der Waals surface area contributed by atoms with Gasteiger partial charge in [0.25, 0.3) is 11.8 Å². The van der Waals surface area contributed by atoms with Gasteiger partial charge in [0, 0.05) is 12.1 Å². The maximum Gasteiger partial charge on any atom is 0.255 e. The average Bonchev–Trinajstić information content (AvgIpc) is 2.36. The smallest absolute Gasteiger partial charge is 0.255 e. The van der Waals surface area contributed by atoms with Gasteiger partial charge in [-0.1, -0.05) is 11.6 Å². The van der Waals surface area contributed by atoms with Gasteiger partial charge < -0.3 is 20.5 Å². The highest BCUT2D eigenvalue weighted by Crippen LogP contribution is 2.36. The molecule has 0 unspecified atom stereocenters. The number of nitrogens with one attached hydrogen (secondary N) is 1. The first-order chi connectivity index (χ1) is 8.99. The Bertz CT molecular complexity index is 491. The number of carbonyl (C=O) groups excluding carboxylic acids is 2. The molecule has 0 radical (unpaired) electrons. The van der Waals surface area contributed by atoms with Gasteiger partial charge in [-0.05, 0) is 19.1 Å². The van der Waals surface area contributed by atoms with Gasteiger partial charge in [-0.2, -0.15) is 0 Å². The monoisotopic (exact) mass is 286 g/mol. The lowest BCUT2D eigenvalue weighted by Gasteiger charge is -2.13. The van der Waals surface area contributed by atoms with Gasteiger partial charge in [-0.3, -0.25) is 9.59 Å². The largest absolute Gasteiger partial charge is 0.493 e. The summed E-state index contributed by atoms with van der Waals surface area (Å²) in [6.07, 6.45) is 0. The molecule has 0 aliphatic carbocycles. The van der Waals surface area contributed by atoms with Crippen molar-refractivity contribution in [1.82, 2.24) is 5.32 Å². The Labute approximate surface area is 115 Å². The molecule has 6 nitrogen and oxygen atoms in total. The second kappa shape index (κ2) is 6.84. The van der Waals surface area contributed by atoms with Crippen LogP contribution in [-0.2, 0) is 4.79 Å². The normalized spacial score (nSPS) is 9.84. The second-order valence-electron chi connectivity index (χ2n) is 3.60. The quantitative estimate of drug-likeness (QED) is 0.815. The summed E-state index contributed by atoms with van der Waals surface area (Å²) in [5.41, 5.74) is 5.33. The first-order valence-corrected chi connectivity index (χ1v) is 5.94. The Kier molecular flexibility index (Phi) is 5.44. The van der Waals surface area contributed by atoms with Crippen molar-refractivity contribution >= 4 is 23.4 Å². The highest BCUT2D eigenvalue weighted by Gasteiger charge is 2.16. The number of ether oxygens (including phenoxy) is 2. The SMILES string of the molecule is CCNC(=O)c1cc(Cl)c(OCC(N)=O)c(OC)c1. The van der Waals surface area contributed by atoms with Gasteiger partial charge in [-0.15, -0.1) is 0 Å². The molecule has 0 aromatic heterocycles. The number of methoxy groups -OCH3 is 1. The Morgan fingerprint density at radius 3 is 2.63 bits per heavy atom. The van der Waals surface area contributed by atoms with E-state index in [1.165, 1.54) is 19.2 Å². The molecule has 7 heteroatoms. The third kappa shape index (κ3) is 4.03. The molecular formula is C12H15ClN2O4. The molecule has 2 amide bonds. The van der Waals surface area contributed by atoms with Gasteiger partial charge in [0.05, 0.1) is 12.1 Å².